The van der Waals surface area contributed by atoms with Gasteiger partial charge in [0.05, 0.1) is 5.56 Å². The molecule has 18 heavy (non-hydrogen) atoms. The zero-order valence-corrected chi connectivity index (χ0v) is 10.3. The second kappa shape index (κ2) is 6.24. The SMILES string of the molecule is O=C(O)c1ccc(OC2/C=C\CCCCC2)cc1. The highest BCUT2D eigenvalue weighted by atomic mass is 16.5. The summed E-state index contributed by atoms with van der Waals surface area (Å²) in [6.07, 6.45) is 10.2. The summed E-state index contributed by atoms with van der Waals surface area (Å²) in [4.78, 5) is 10.7. The molecule has 1 unspecified atom stereocenters. The molecule has 1 aliphatic carbocycles. The maximum absolute atomic E-state index is 10.7. The third-order valence-corrected chi connectivity index (χ3v) is 3.10. The quantitative estimate of drug-likeness (QED) is 0.828. The molecule has 1 aromatic rings. The molecule has 1 atom stereocenters. The van der Waals surface area contributed by atoms with Crippen molar-refractivity contribution in [1.82, 2.24) is 0 Å². The van der Waals surface area contributed by atoms with E-state index in [1.54, 1.807) is 24.3 Å². The lowest BCUT2D eigenvalue weighted by Gasteiger charge is -2.17. The smallest absolute Gasteiger partial charge is 0.335 e. The molecule has 2 rings (SSSR count). The van der Waals surface area contributed by atoms with Crippen LogP contribution in [0, 0.1) is 0 Å². The van der Waals surface area contributed by atoms with Gasteiger partial charge < -0.3 is 9.84 Å². The van der Waals surface area contributed by atoms with Gasteiger partial charge in [0, 0.05) is 0 Å². The lowest BCUT2D eigenvalue weighted by Crippen LogP contribution is -2.14. The Labute approximate surface area is 107 Å². The molecule has 96 valence electrons. The number of ether oxygens (including phenoxy) is 1. The molecule has 1 N–H and O–H groups in total. The van der Waals surface area contributed by atoms with E-state index in [0.29, 0.717) is 0 Å². The molecule has 0 aliphatic heterocycles. The third kappa shape index (κ3) is 3.62. The summed E-state index contributed by atoms with van der Waals surface area (Å²) < 4.78 is 5.85. The summed E-state index contributed by atoms with van der Waals surface area (Å²) in [5, 5.41) is 8.81. The van der Waals surface area contributed by atoms with Crippen molar-refractivity contribution in [3.05, 3.63) is 42.0 Å². The van der Waals surface area contributed by atoms with Crippen molar-refractivity contribution < 1.29 is 14.6 Å². The van der Waals surface area contributed by atoms with Crippen molar-refractivity contribution in [3.8, 4) is 5.75 Å². The Bertz CT molecular complexity index is 420. The van der Waals surface area contributed by atoms with Crippen LogP contribution in [0.2, 0.25) is 0 Å². The van der Waals surface area contributed by atoms with E-state index in [1.165, 1.54) is 19.3 Å². The minimum absolute atomic E-state index is 0.112. The molecule has 1 aliphatic rings. The van der Waals surface area contributed by atoms with Crippen LogP contribution in [0.3, 0.4) is 0 Å². The number of carboxylic acids is 1. The number of aromatic carboxylic acids is 1. The van der Waals surface area contributed by atoms with Crippen molar-refractivity contribution >= 4 is 5.97 Å². The number of carbonyl (C=O) groups is 1. The molecule has 0 spiro atoms. The van der Waals surface area contributed by atoms with E-state index in [1.807, 2.05) is 0 Å². The normalized spacial score (nSPS) is 21.7. The van der Waals surface area contributed by atoms with Gasteiger partial charge in [0.1, 0.15) is 11.9 Å². The average molecular weight is 246 g/mol. The van der Waals surface area contributed by atoms with Gasteiger partial charge in [0.2, 0.25) is 0 Å². The molecule has 0 radical (unpaired) electrons. The van der Waals surface area contributed by atoms with Crippen LogP contribution in [-0.2, 0) is 0 Å². The van der Waals surface area contributed by atoms with Crippen LogP contribution in [0.4, 0.5) is 0 Å². The summed E-state index contributed by atoms with van der Waals surface area (Å²) in [6, 6.07) is 6.58. The fourth-order valence-corrected chi connectivity index (χ4v) is 2.08. The Morgan fingerprint density at radius 1 is 1.17 bits per heavy atom. The standard InChI is InChI=1S/C15H18O3/c16-15(17)12-8-10-14(11-9-12)18-13-6-4-2-1-3-5-7-13/h4,6,8-11,13H,1-3,5,7H2,(H,16,17)/b6-4-. The fraction of sp³-hybridized carbons (Fsp3) is 0.400. The zero-order valence-electron chi connectivity index (χ0n) is 10.3. The summed E-state index contributed by atoms with van der Waals surface area (Å²) in [7, 11) is 0. The summed E-state index contributed by atoms with van der Waals surface area (Å²) in [5.41, 5.74) is 0.288. The molecule has 0 saturated carbocycles. The van der Waals surface area contributed by atoms with E-state index >= 15 is 0 Å². The van der Waals surface area contributed by atoms with Crippen molar-refractivity contribution in [1.29, 1.82) is 0 Å². The summed E-state index contributed by atoms with van der Waals surface area (Å²) >= 11 is 0. The van der Waals surface area contributed by atoms with Crippen LogP contribution in [0.5, 0.6) is 5.75 Å². The predicted octanol–water partition coefficient (Wildman–Crippen LogP) is 3.65. The monoisotopic (exact) mass is 246 g/mol. The van der Waals surface area contributed by atoms with Crippen molar-refractivity contribution in [2.75, 3.05) is 0 Å². The molecule has 0 amide bonds. The Morgan fingerprint density at radius 2 is 1.94 bits per heavy atom. The van der Waals surface area contributed by atoms with Crippen molar-refractivity contribution in [2.45, 2.75) is 38.2 Å². The highest BCUT2D eigenvalue weighted by Crippen LogP contribution is 2.19. The second-order valence-corrected chi connectivity index (χ2v) is 4.55. The largest absolute Gasteiger partial charge is 0.486 e. The molecule has 3 nitrogen and oxygen atoms in total. The maximum Gasteiger partial charge on any atom is 0.335 e. The number of carboxylic acid groups (broad SMARTS) is 1. The van der Waals surface area contributed by atoms with Crippen LogP contribution in [-0.4, -0.2) is 17.2 Å². The fourth-order valence-electron chi connectivity index (χ4n) is 2.08. The first kappa shape index (κ1) is 12.7. The molecule has 0 aromatic heterocycles. The van der Waals surface area contributed by atoms with E-state index in [-0.39, 0.29) is 11.7 Å². The summed E-state index contributed by atoms with van der Waals surface area (Å²) in [5.74, 6) is -0.178. The Balaban J connectivity index is 1.99. The van der Waals surface area contributed by atoms with Gasteiger partial charge in [-0.25, -0.2) is 4.79 Å². The first-order valence-electron chi connectivity index (χ1n) is 6.42. The van der Waals surface area contributed by atoms with E-state index in [9.17, 15) is 4.79 Å². The molecule has 3 heteroatoms. The molecule has 0 heterocycles. The Hall–Kier alpha value is -1.77. The van der Waals surface area contributed by atoms with Crippen molar-refractivity contribution in [2.24, 2.45) is 0 Å². The minimum atomic E-state index is -0.910. The lowest BCUT2D eigenvalue weighted by atomic mass is 10.0. The highest BCUT2D eigenvalue weighted by Gasteiger charge is 2.09. The number of hydrogen-bond acceptors (Lipinski definition) is 2. The first-order valence-corrected chi connectivity index (χ1v) is 6.42. The van der Waals surface area contributed by atoms with E-state index < -0.39 is 5.97 Å². The van der Waals surface area contributed by atoms with Gasteiger partial charge in [-0.1, -0.05) is 12.5 Å². The summed E-state index contributed by atoms with van der Waals surface area (Å²) in [6.45, 7) is 0. The average Bonchev–Trinajstić information content (AvgIpc) is 2.33. The molecule has 0 fully saturated rings. The Morgan fingerprint density at radius 3 is 2.67 bits per heavy atom. The van der Waals surface area contributed by atoms with Crippen LogP contribution in [0.1, 0.15) is 42.5 Å². The van der Waals surface area contributed by atoms with Crippen LogP contribution in [0.25, 0.3) is 0 Å². The topological polar surface area (TPSA) is 46.5 Å². The van der Waals surface area contributed by atoms with E-state index in [2.05, 4.69) is 12.2 Å². The third-order valence-electron chi connectivity index (χ3n) is 3.10. The lowest BCUT2D eigenvalue weighted by molar-refractivity contribution is 0.0697. The first-order chi connectivity index (χ1) is 8.75. The van der Waals surface area contributed by atoms with Gasteiger partial charge in [0.15, 0.2) is 0 Å². The highest BCUT2D eigenvalue weighted by molar-refractivity contribution is 5.87. The second-order valence-electron chi connectivity index (χ2n) is 4.55. The number of allylic oxidation sites excluding steroid dienone is 1. The zero-order chi connectivity index (χ0) is 12.8. The van der Waals surface area contributed by atoms with Crippen LogP contribution < -0.4 is 4.74 Å². The van der Waals surface area contributed by atoms with Gasteiger partial charge in [-0.2, -0.15) is 0 Å². The van der Waals surface area contributed by atoms with Gasteiger partial charge in [0.25, 0.3) is 0 Å². The van der Waals surface area contributed by atoms with Gasteiger partial charge in [-0.05, 0) is 56.0 Å². The van der Waals surface area contributed by atoms with Gasteiger partial charge in [-0.15, -0.1) is 0 Å². The molecule has 0 saturated heterocycles. The molecule has 1 aromatic carbocycles. The number of hydrogen-bond donors (Lipinski definition) is 1. The maximum atomic E-state index is 10.7. The molecular weight excluding hydrogens is 228 g/mol. The van der Waals surface area contributed by atoms with E-state index in [0.717, 1.165) is 18.6 Å². The Kier molecular flexibility index (Phi) is 4.40. The van der Waals surface area contributed by atoms with Crippen LogP contribution >= 0.6 is 0 Å². The number of benzene rings is 1. The minimum Gasteiger partial charge on any atom is -0.486 e. The number of rotatable bonds is 3. The van der Waals surface area contributed by atoms with E-state index in [4.69, 9.17) is 9.84 Å². The van der Waals surface area contributed by atoms with Crippen molar-refractivity contribution in [3.63, 3.8) is 0 Å². The van der Waals surface area contributed by atoms with Gasteiger partial charge in [-0.3, -0.25) is 0 Å². The molecule has 0 bridgehead atoms. The predicted molar refractivity (Wildman–Crippen MR) is 70.0 cm³/mol. The molecular formula is C15H18O3. The van der Waals surface area contributed by atoms with Crippen LogP contribution in [0.15, 0.2) is 36.4 Å². The van der Waals surface area contributed by atoms with Gasteiger partial charge >= 0.3 is 5.97 Å².